The number of esters is 2. The van der Waals surface area contributed by atoms with Gasteiger partial charge in [-0.05, 0) is 19.3 Å². The summed E-state index contributed by atoms with van der Waals surface area (Å²) in [6, 6.07) is 0. The number of carbonyl (C=O) groups excluding carboxylic acids is 3. The largest absolute Gasteiger partial charge is 0.462 e. The van der Waals surface area contributed by atoms with E-state index in [-0.39, 0.29) is 31.1 Å². The molecule has 0 heterocycles. The van der Waals surface area contributed by atoms with Crippen molar-refractivity contribution in [1.29, 1.82) is 0 Å². The van der Waals surface area contributed by atoms with Gasteiger partial charge >= 0.3 is 11.9 Å². The van der Waals surface area contributed by atoms with Gasteiger partial charge in [0.15, 0.2) is 6.10 Å². The first-order valence-electron chi connectivity index (χ1n) is 14.7. The van der Waals surface area contributed by atoms with E-state index in [0.717, 1.165) is 57.9 Å². The number of nitrogens with one attached hydrogen (secondary N) is 1. The van der Waals surface area contributed by atoms with Crippen molar-refractivity contribution in [2.45, 2.75) is 148 Å². The lowest BCUT2D eigenvalue weighted by atomic mass is 10.1. The fourth-order valence-corrected chi connectivity index (χ4v) is 4.10. The molecule has 0 radical (unpaired) electrons. The second-order valence-electron chi connectivity index (χ2n) is 9.97. The molecular weight excluding hydrogens is 458 g/mol. The van der Waals surface area contributed by atoms with Gasteiger partial charge in [-0.2, -0.15) is 0 Å². The van der Waals surface area contributed by atoms with Crippen LogP contribution in [-0.4, -0.2) is 48.8 Å². The molecule has 2 N–H and O–H groups in total. The summed E-state index contributed by atoms with van der Waals surface area (Å²) in [5, 5.41) is 12.2. The average molecular weight is 514 g/mol. The Hall–Kier alpha value is -1.63. The van der Waals surface area contributed by atoms with Crippen LogP contribution < -0.4 is 5.32 Å². The van der Waals surface area contributed by atoms with Gasteiger partial charge in [-0.1, -0.05) is 103 Å². The molecule has 0 aromatic rings. The van der Waals surface area contributed by atoms with Crippen molar-refractivity contribution in [3.8, 4) is 0 Å². The van der Waals surface area contributed by atoms with Crippen LogP contribution in [0.25, 0.3) is 0 Å². The van der Waals surface area contributed by atoms with Crippen LogP contribution in [0.4, 0.5) is 0 Å². The molecule has 1 amide bonds. The van der Waals surface area contributed by atoms with Gasteiger partial charge in [-0.15, -0.1) is 0 Å². The van der Waals surface area contributed by atoms with E-state index in [1.54, 1.807) is 6.92 Å². The van der Waals surface area contributed by atoms with Crippen molar-refractivity contribution >= 4 is 17.8 Å². The summed E-state index contributed by atoms with van der Waals surface area (Å²) in [6.07, 6.45) is 20.4. The van der Waals surface area contributed by atoms with Crippen molar-refractivity contribution in [1.82, 2.24) is 5.32 Å². The van der Waals surface area contributed by atoms with E-state index in [1.807, 2.05) is 0 Å². The zero-order valence-electron chi connectivity index (χ0n) is 23.3. The summed E-state index contributed by atoms with van der Waals surface area (Å²) in [6.45, 7) is 4.11. The summed E-state index contributed by atoms with van der Waals surface area (Å²) in [5.41, 5.74) is 0. The van der Waals surface area contributed by atoms with Gasteiger partial charge in [0.1, 0.15) is 6.61 Å². The number of ether oxygens (including phenoxy) is 2. The second-order valence-corrected chi connectivity index (χ2v) is 9.97. The van der Waals surface area contributed by atoms with Gasteiger partial charge in [0, 0.05) is 26.3 Å². The Morgan fingerprint density at radius 2 is 1.11 bits per heavy atom. The molecular formula is C29H55NO6. The number of carbonyl (C=O) groups is 3. The lowest BCUT2D eigenvalue weighted by Crippen LogP contribution is -2.28. The standard InChI is InChI=1S/C29H55NO6/c1-3-4-5-6-7-9-13-16-19-22-29(34)36-27(24-31)25-35-28(33)21-18-15-12-10-8-11-14-17-20-23-30-26(2)32/h27,31H,3-25H2,1-2H3,(H,30,32)/t27-/m0/s1. The van der Waals surface area contributed by atoms with Gasteiger partial charge < -0.3 is 19.9 Å². The van der Waals surface area contributed by atoms with Crippen LogP contribution in [-0.2, 0) is 23.9 Å². The summed E-state index contributed by atoms with van der Waals surface area (Å²) in [7, 11) is 0. The first-order chi connectivity index (χ1) is 17.5. The SMILES string of the molecule is CCCCCCCCCCCC(=O)O[C@@H](CO)COC(=O)CCCCCCCCCCCNC(C)=O. The van der Waals surface area contributed by atoms with E-state index >= 15 is 0 Å². The van der Waals surface area contributed by atoms with E-state index in [0.29, 0.717) is 12.8 Å². The molecule has 1 atom stereocenters. The molecule has 0 saturated heterocycles. The van der Waals surface area contributed by atoms with E-state index < -0.39 is 6.10 Å². The smallest absolute Gasteiger partial charge is 0.306 e. The zero-order chi connectivity index (χ0) is 26.7. The van der Waals surface area contributed by atoms with Crippen LogP contribution in [0.5, 0.6) is 0 Å². The van der Waals surface area contributed by atoms with Crippen molar-refractivity contribution in [3.63, 3.8) is 0 Å². The maximum atomic E-state index is 12.0. The van der Waals surface area contributed by atoms with E-state index in [4.69, 9.17) is 9.47 Å². The highest BCUT2D eigenvalue weighted by molar-refractivity contribution is 5.72. The minimum Gasteiger partial charge on any atom is -0.462 e. The molecule has 7 nitrogen and oxygen atoms in total. The summed E-state index contributed by atoms with van der Waals surface area (Å²) in [4.78, 5) is 34.7. The lowest BCUT2D eigenvalue weighted by molar-refractivity contribution is -0.161. The second kappa shape index (κ2) is 26.4. The summed E-state index contributed by atoms with van der Waals surface area (Å²) in [5.74, 6) is -0.599. The van der Waals surface area contributed by atoms with Crippen molar-refractivity contribution < 1.29 is 29.0 Å². The van der Waals surface area contributed by atoms with Gasteiger partial charge in [-0.25, -0.2) is 0 Å². The third-order valence-electron chi connectivity index (χ3n) is 6.35. The fraction of sp³-hybridized carbons (Fsp3) is 0.897. The predicted molar refractivity (Wildman–Crippen MR) is 145 cm³/mol. The Morgan fingerprint density at radius 3 is 1.58 bits per heavy atom. The molecule has 36 heavy (non-hydrogen) atoms. The van der Waals surface area contributed by atoms with Crippen LogP contribution in [0.2, 0.25) is 0 Å². The normalized spacial score (nSPS) is 11.8. The molecule has 0 fully saturated rings. The molecule has 0 bridgehead atoms. The van der Waals surface area contributed by atoms with Gasteiger partial charge in [0.25, 0.3) is 0 Å². The number of hydrogen-bond acceptors (Lipinski definition) is 6. The monoisotopic (exact) mass is 513 g/mol. The van der Waals surface area contributed by atoms with E-state index in [2.05, 4.69) is 12.2 Å². The average Bonchev–Trinajstić information content (AvgIpc) is 2.85. The molecule has 0 rings (SSSR count). The Morgan fingerprint density at radius 1 is 0.667 bits per heavy atom. The molecule has 0 aliphatic heterocycles. The topological polar surface area (TPSA) is 102 Å². The van der Waals surface area contributed by atoms with Crippen LogP contribution in [0, 0.1) is 0 Å². The van der Waals surface area contributed by atoms with Gasteiger partial charge in [0.05, 0.1) is 6.61 Å². The molecule has 0 aliphatic carbocycles. The first-order valence-corrected chi connectivity index (χ1v) is 14.7. The molecule has 0 aliphatic rings. The minimum absolute atomic E-state index is 0.0371. The fourth-order valence-electron chi connectivity index (χ4n) is 4.10. The predicted octanol–water partition coefficient (Wildman–Crippen LogP) is 6.39. The third kappa shape index (κ3) is 25.5. The molecule has 0 saturated carbocycles. The lowest BCUT2D eigenvalue weighted by Gasteiger charge is -2.15. The Balaban J connectivity index is 3.57. The Bertz CT molecular complexity index is 540. The van der Waals surface area contributed by atoms with Gasteiger partial charge in [-0.3, -0.25) is 14.4 Å². The van der Waals surface area contributed by atoms with Crippen molar-refractivity contribution in [2.24, 2.45) is 0 Å². The van der Waals surface area contributed by atoms with E-state index in [9.17, 15) is 19.5 Å². The molecule has 0 spiro atoms. The molecule has 212 valence electrons. The van der Waals surface area contributed by atoms with E-state index in [1.165, 1.54) is 64.2 Å². The minimum atomic E-state index is -0.779. The number of aliphatic hydroxyl groups excluding tert-OH is 1. The number of rotatable bonds is 26. The molecule has 7 heteroatoms. The summed E-state index contributed by atoms with van der Waals surface area (Å²) < 4.78 is 10.5. The number of amides is 1. The first kappa shape index (κ1) is 34.4. The maximum Gasteiger partial charge on any atom is 0.306 e. The number of aliphatic hydroxyl groups is 1. The zero-order valence-corrected chi connectivity index (χ0v) is 23.3. The highest BCUT2D eigenvalue weighted by Gasteiger charge is 2.16. The van der Waals surface area contributed by atoms with Crippen molar-refractivity contribution in [2.75, 3.05) is 19.8 Å². The molecule has 0 unspecified atom stereocenters. The van der Waals surface area contributed by atoms with Crippen LogP contribution in [0.15, 0.2) is 0 Å². The van der Waals surface area contributed by atoms with Crippen LogP contribution in [0.3, 0.4) is 0 Å². The third-order valence-corrected chi connectivity index (χ3v) is 6.35. The highest BCUT2D eigenvalue weighted by Crippen LogP contribution is 2.12. The van der Waals surface area contributed by atoms with Crippen LogP contribution >= 0.6 is 0 Å². The molecule has 0 aromatic carbocycles. The molecule has 0 aromatic heterocycles. The quantitative estimate of drug-likeness (QED) is 0.103. The summed E-state index contributed by atoms with van der Waals surface area (Å²) >= 11 is 0. The number of hydrogen-bond donors (Lipinski definition) is 2. The highest BCUT2D eigenvalue weighted by atomic mass is 16.6. The number of unbranched alkanes of at least 4 members (excludes halogenated alkanes) is 16. The Kier molecular flexibility index (Phi) is 25.2. The van der Waals surface area contributed by atoms with Crippen molar-refractivity contribution in [3.05, 3.63) is 0 Å². The van der Waals surface area contributed by atoms with Crippen LogP contribution in [0.1, 0.15) is 142 Å². The Labute approximate surface area is 220 Å². The van der Waals surface area contributed by atoms with Gasteiger partial charge in [0.2, 0.25) is 5.91 Å². The maximum absolute atomic E-state index is 12.0.